The Morgan fingerprint density at radius 3 is 2.89 bits per heavy atom. The van der Waals surface area contributed by atoms with Gasteiger partial charge in [0, 0.05) is 29.4 Å². The first-order valence-corrected chi connectivity index (χ1v) is 13.2. The summed E-state index contributed by atoms with van der Waals surface area (Å²) in [5, 5.41) is 6.68. The Morgan fingerprint density at radius 2 is 2.14 bits per heavy atom. The molecule has 7 atom stereocenters. The second kappa shape index (κ2) is 9.15. The van der Waals surface area contributed by atoms with Crippen LogP contribution in [0.15, 0.2) is 48.3 Å². The molecule has 4 aliphatic rings. The SMILES string of the molecule is CCOC(=O)N[C@H]1CC[C@H]2[C@H](C1)C[C@H]1C(=O)O[C@H](C)[C@@]13N/C(=C\c1ccc(-c4cccc(F)c4)cn1)[C@@H]23. The summed E-state index contributed by atoms with van der Waals surface area (Å²) in [5.41, 5.74) is 3.16. The lowest BCUT2D eigenvalue weighted by molar-refractivity contribution is -0.144. The van der Waals surface area contributed by atoms with E-state index in [1.165, 1.54) is 12.1 Å². The number of rotatable bonds is 4. The summed E-state index contributed by atoms with van der Waals surface area (Å²) in [5.74, 6) is 0.286. The normalized spacial score (nSPS) is 34.8. The highest BCUT2D eigenvalue weighted by atomic mass is 19.1. The van der Waals surface area contributed by atoms with Crippen LogP contribution >= 0.6 is 0 Å². The fraction of sp³-hybridized carbons (Fsp3) is 0.483. The lowest BCUT2D eigenvalue weighted by Crippen LogP contribution is -2.75. The van der Waals surface area contributed by atoms with Crippen LogP contribution < -0.4 is 10.6 Å². The quantitative estimate of drug-likeness (QED) is 0.587. The van der Waals surface area contributed by atoms with Gasteiger partial charge in [-0.15, -0.1) is 0 Å². The van der Waals surface area contributed by atoms with Gasteiger partial charge in [0.2, 0.25) is 0 Å². The van der Waals surface area contributed by atoms with Crippen molar-refractivity contribution >= 4 is 18.1 Å². The van der Waals surface area contributed by atoms with Gasteiger partial charge in [-0.1, -0.05) is 18.2 Å². The Balaban J connectivity index is 1.25. The number of pyridine rings is 1. The Morgan fingerprint density at radius 1 is 1.27 bits per heavy atom. The number of nitrogens with one attached hydrogen (secondary N) is 2. The van der Waals surface area contributed by atoms with Crippen LogP contribution in [-0.4, -0.2) is 41.3 Å². The van der Waals surface area contributed by atoms with Crippen molar-refractivity contribution in [1.29, 1.82) is 0 Å². The zero-order chi connectivity index (χ0) is 25.7. The third kappa shape index (κ3) is 3.97. The molecule has 2 N–H and O–H groups in total. The van der Waals surface area contributed by atoms with Crippen molar-refractivity contribution in [3.63, 3.8) is 0 Å². The molecule has 0 bridgehead atoms. The number of benzene rings is 1. The van der Waals surface area contributed by atoms with E-state index in [4.69, 9.17) is 9.47 Å². The number of nitrogens with zero attached hydrogens (tertiary/aromatic N) is 1. The maximum absolute atomic E-state index is 13.6. The fourth-order valence-corrected chi connectivity index (χ4v) is 7.34. The van der Waals surface area contributed by atoms with E-state index in [9.17, 15) is 14.0 Å². The molecular weight excluding hydrogens is 473 g/mol. The molecule has 4 fully saturated rings. The van der Waals surface area contributed by atoms with Crippen molar-refractivity contribution in [3.8, 4) is 11.1 Å². The van der Waals surface area contributed by atoms with Gasteiger partial charge >= 0.3 is 12.1 Å². The summed E-state index contributed by atoms with van der Waals surface area (Å²) in [4.78, 5) is 29.5. The summed E-state index contributed by atoms with van der Waals surface area (Å²) in [6.45, 7) is 4.14. The summed E-state index contributed by atoms with van der Waals surface area (Å²) in [6.07, 6.45) is 6.72. The number of fused-ring (bicyclic) bond motifs is 2. The number of esters is 1. The van der Waals surface area contributed by atoms with E-state index in [0.29, 0.717) is 18.4 Å². The van der Waals surface area contributed by atoms with Crippen LogP contribution in [0, 0.1) is 29.5 Å². The van der Waals surface area contributed by atoms with Gasteiger partial charge < -0.3 is 20.1 Å². The molecule has 2 aromatic rings. The van der Waals surface area contributed by atoms with Crippen molar-refractivity contribution in [2.75, 3.05) is 6.61 Å². The molecule has 7 nitrogen and oxygen atoms in total. The number of aromatic nitrogens is 1. The van der Waals surface area contributed by atoms with Crippen LogP contribution in [-0.2, 0) is 14.3 Å². The average molecular weight is 506 g/mol. The standard InChI is InChI=1S/C29H32FN3O4/c1-3-36-28(35)32-22-9-10-23-19(12-22)13-24-27(34)37-16(2)29(24)26(23)25(33-29)14-21-8-7-18(15-31-21)17-5-4-6-20(30)11-17/h4-8,11,14-16,19,22-24,26,33H,3,9-10,12-13H2,1-2H3,(H,32,35)/b25-14-/t16-,19-,22+,23+,24+,26-,29-/m1/s1. The topological polar surface area (TPSA) is 89.5 Å². The van der Waals surface area contributed by atoms with E-state index in [-0.39, 0.29) is 47.4 Å². The van der Waals surface area contributed by atoms with Crippen molar-refractivity contribution in [2.24, 2.45) is 23.7 Å². The number of hydrogen-bond acceptors (Lipinski definition) is 6. The molecule has 2 aliphatic heterocycles. The Bertz CT molecular complexity index is 1250. The first-order chi connectivity index (χ1) is 17.9. The molecule has 194 valence electrons. The maximum atomic E-state index is 13.6. The molecule has 1 aromatic heterocycles. The zero-order valence-electron chi connectivity index (χ0n) is 21.1. The highest BCUT2D eigenvalue weighted by Crippen LogP contribution is 2.61. The van der Waals surface area contributed by atoms with E-state index >= 15 is 0 Å². The number of cyclic esters (lactones) is 1. The van der Waals surface area contributed by atoms with Crippen LogP contribution in [0.2, 0.25) is 0 Å². The number of alkyl carbamates (subject to hydrolysis) is 1. The highest BCUT2D eigenvalue weighted by Gasteiger charge is 2.71. The van der Waals surface area contributed by atoms with E-state index in [1.807, 2.05) is 25.1 Å². The van der Waals surface area contributed by atoms with Crippen molar-refractivity contribution in [1.82, 2.24) is 15.6 Å². The van der Waals surface area contributed by atoms with E-state index in [0.717, 1.165) is 48.2 Å². The monoisotopic (exact) mass is 505 g/mol. The predicted octanol–water partition coefficient (Wildman–Crippen LogP) is 4.68. The van der Waals surface area contributed by atoms with Gasteiger partial charge in [-0.05, 0) is 81.2 Å². The summed E-state index contributed by atoms with van der Waals surface area (Å²) in [7, 11) is 0. The Kier molecular flexibility index (Phi) is 5.92. The van der Waals surface area contributed by atoms with Gasteiger partial charge in [0.15, 0.2) is 0 Å². The number of carbonyl (C=O) groups excluding carboxylic acids is 2. The maximum Gasteiger partial charge on any atom is 0.407 e. The number of halogens is 1. The number of amides is 1. The molecular formula is C29H32FN3O4. The third-order valence-electron chi connectivity index (χ3n) is 8.89. The van der Waals surface area contributed by atoms with Gasteiger partial charge in [-0.3, -0.25) is 9.78 Å². The minimum absolute atomic E-state index is 0.0557. The van der Waals surface area contributed by atoms with Gasteiger partial charge in [-0.2, -0.15) is 0 Å². The molecule has 2 saturated carbocycles. The zero-order valence-corrected chi connectivity index (χ0v) is 21.1. The van der Waals surface area contributed by atoms with Gasteiger partial charge in [0.1, 0.15) is 11.9 Å². The minimum atomic E-state index is -0.382. The molecule has 0 radical (unpaired) electrons. The first kappa shape index (κ1) is 23.9. The van der Waals surface area contributed by atoms with Crippen LogP contribution in [0.5, 0.6) is 0 Å². The molecule has 2 aliphatic carbocycles. The minimum Gasteiger partial charge on any atom is -0.460 e. The summed E-state index contributed by atoms with van der Waals surface area (Å²) >= 11 is 0. The average Bonchev–Trinajstić information content (AvgIpc) is 3.12. The number of ether oxygens (including phenoxy) is 2. The van der Waals surface area contributed by atoms with Crippen LogP contribution in [0.4, 0.5) is 9.18 Å². The lowest BCUT2D eigenvalue weighted by Gasteiger charge is -2.63. The van der Waals surface area contributed by atoms with Gasteiger partial charge in [0.05, 0.1) is 23.8 Å². The van der Waals surface area contributed by atoms with Gasteiger partial charge in [-0.25, -0.2) is 9.18 Å². The molecule has 0 unspecified atom stereocenters. The van der Waals surface area contributed by atoms with Crippen LogP contribution in [0.1, 0.15) is 45.2 Å². The molecule has 8 heteroatoms. The van der Waals surface area contributed by atoms with E-state index in [1.54, 1.807) is 19.2 Å². The highest BCUT2D eigenvalue weighted by molar-refractivity contribution is 5.79. The molecule has 1 spiro atoms. The largest absolute Gasteiger partial charge is 0.460 e. The Labute approximate surface area is 215 Å². The second-order valence-corrected chi connectivity index (χ2v) is 10.8. The van der Waals surface area contributed by atoms with E-state index < -0.39 is 0 Å². The fourth-order valence-electron chi connectivity index (χ4n) is 7.34. The molecule has 2 saturated heterocycles. The summed E-state index contributed by atoms with van der Waals surface area (Å²) in [6, 6.07) is 10.4. The number of hydrogen-bond donors (Lipinski definition) is 2. The third-order valence-corrected chi connectivity index (χ3v) is 8.89. The molecule has 6 rings (SSSR count). The van der Waals surface area contributed by atoms with Gasteiger partial charge in [0.25, 0.3) is 0 Å². The molecule has 37 heavy (non-hydrogen) atoms. The van der Waals surface area contributed by atoms with Crippen LogP contribution in [0.25, 0.3) is 17.2 Å². The van der Waals surface area contributed by atoms with E-state index in [2.05, 4.69) is 21.7 Å². The second-order valence-electron chi connectivity index (χ2n) is 10.8. The van der Waals surface area contributed by atoms with Crippen LogP contribution in [0.3, 0.4) is 0 Å². The smallest absolute Gasteiger partial charge is 0.407 e. The predicted molar refractivity (Wildman–Crippen MR) is 135 cm³/mol. The Hall–Kier alpha value is -3.42. The summed E-state index contributed by atoms with van der Waals surface area (Å²) < 4.78 is 24.5. The first-order valence-electron chi connectivity index (χ1n) is 13.2. The molecule has 1 aromatic carbocycles. The molecule has 1 amide bonds. The van der Waals surface area contributed by atoms with Crippen molar-refractivity contribution in [3.05, 3.63) is 59.8 Å². The molecule has 3 heterocycles. The lowest BCUT2D eigenvalue weighted by atomic mass is 9.49. The van der Waals surface area contributed by atoms with Crippen molar-refractivity contribution < 1.29 is 23.5 Å². The van der Waals surface area contributed by atoms with Crippen molar-refractivity contribution in [2.45, 2.75) is 57.2 Å². The number of carbonyl (C=O) groups is 2.